The van der Waals surface area contributed by atoms with Gasteiger partial charge in [-0.2, -0.15) is 0 Å². The molecule has 7 heteroatoms. The number of carbonyl (C=O) groups excluding carboxylic acids is 1. The van der Waals surface area contributed by atoms with Gasteiger partial charge in [0.05, 0.1) is 12.7 Å². The van der Waals surface area contributed by atoms with E-state index < -0.39 is 0 Å². The second-order valence-electron chi connectivity index (χ2n) is 10.2. The lowest BCUT2D eigenvalue weighted by Crippen LogP contribution is -2.27. The summed E-state index contributed by atoms with van der Waals surface area (Å²) in [6.07, 6.45) is 6.35. The first-order valence-electron chi connectivity index (χ1n) is 12.4. The fourth-order valence-electron chi connectivity index (χ4n) is 4.53. The van der Waals surface area contributed by atoms with Crippen molar-refractivity contribution in [2.24, 2.45) is 16.3 Å². The largest absolute Gasteiger partial charge is 0.493 e. The van der Waals surface area contributed by atoms with Crippen LogP contribution < -0.4 is 14.8 Å². The standard InChI is InChI=1S/C30H33ClN2O3S/c1-6-15-36-24-14-7-19(16-25(24)35-5)18-32-29-27(28(34)33-22-11-9-21(31)10-12-22)23-13-8-20(30(2,3)4)17-26(23)37-29/h6-7,9-12,14,16,18,20H,1,8,13,15,17H2,2-5H3,(H,33,34)/t20-/m0/s1. The Labute approximate surface area is 228 Å². The van der Waals surface area contributed by atoms with Crippen LogP contribution in [-0.2, 0) is 12.8 Å². The van der Waals surface area contributed by atoms with E-state index in [1.54, 1.807) is 55.0 Å². The number of ether oxygens (including phenoxy) is 2. The molecule has 4 rings (SSSR count). The van der Waals surface area contributed by atoms with Crippen LogP contribution in [0.2, 0.25) is 5.02 Å². The van der Waals surface area contributed by atoms with Gasteiger partial charge in [0.25, 0.3) is 5.91 Å². The Bertz CT molecular complexity index is 1310. The Morgan fingerprint density at radius 1 is 1.22 bits per heavy atom. The Morgan fingerprint density at radius 2 is 1.97 bits per heavy atom. The van der Waals surface area contributed by atoms with Crippen molar-refractivity contribution in [3.8, 4) is 11.5 Å². The summed E-state index contributed by atoms with van der Waals surface area (Å²) in [4.78, 5) is 19.6. The number of nitrogens with one attached hydrogen (secondary N) is 1. The highest BCUT2D eigenvalue weighted by atomic mass is 35.5. The number of halogens is 1. The summed E-state index contributed by atoms with van der Waals surface area (Å²) in [5.74, 6) is 1.68. The molecule has 0 aliphatic heterocycles. The zero-order chi connectivity index (χ0) is 26.6. The molecule has 0 saturated carbocycles. The second kappa shape index (κ2) is 11.5. The third-order valence-corrected chi connectivity index (χ3v) is 8.09. The first-order chi connectivity index (χ1) is 17.7. The van der Waals surface area contributed by atoms with Gasteiger partial charge in [0, 0.05) is 21.8 Å². The summed E-state index contributed by atoms with van der Waals surface area (Å²) in [6, 6.07) is 12.8. The molecule has 1 atom stereocenters. The van der Waals surface area contributed by atoms with Crippen molar-refractivity contribution >= 4 is 45.7 Å². The molecule has 1 aliphatic carbocycles. The van der Waals surface area contributed by atoms with Gasteiger partial charge in [-0.25, -0.2) is 4.99 Å². The maximum atomic E-state index is 13.5. The highest BCUT2D eigenvalue weighted by Crippen LogP contribution is 2.45. The van der Waals surface area contributed by atoms with Gasteiger partial charge in [-0.05, 0) is 84.2 Å². The zero-order valence-electron chi connectivity index (χ0n) is 21.8. The molecule has 0 bridgehead atoms. The Kier molecular flexibility index (Phi) is 8.40. The Balaban J connectivity index is 1.67. The minimum absolute atomic E-state index is 0.146. The number of amides is 1. The zero-order valence-corrected chi connectivity index (χ0v) is 23.3. The lowest BCUT2D eigenvalue weighted by Gasteiger charge is -2.33. The molecule has 194 valence electrons. The van der Waals surface area contributed by atoms with E-state index in [2.05, 4.69) is 32.7 Å². The number of aliphatic imine (C=N–C) groups is 1. The lowest BCUT2D eigenvalue weighted by atomic mass is 9.72. The second-order valence-corrected chi connectivity index (χ2v) is 11.7. The average molecular weight is 537 g/mol. The number of nitrogens with zero attached hydrogens (tertiary/aromatic N) is 1. The van der Waals surface area contributed by atoms with E-state index in [1.807, 2.05) is 18.2 Å². The van der Waals surface area contributed by atoms with Crippen molar-refractivity contribution in [1.29, 1.82) is 0 Å². The molecule has 0 radical (unpaired) electrons. The van der Waals surface area contributed by atoms with E-state index >= 15 is 0 Å². The molecule has 0 spiro atoms. The average Bonchev–Trinajstić information content (AvgIpc) is 3.25. The number of hydrogen-bond donors (Lipinski definition) is 1. The summed E-state index contributed by atoms with van der Waals surface area (Å²) in [7, 11) is 1.61. The van der Waals surface area contributed by atoms with Gasteiger partial charge in [-0.1, -0.05) is 45.0 Å². The molecule has 3 aromatic rings. The first-order valence-corrected chi connectivity index (χ1v) is 13.6. The van der Waals surface area contributed by atoms with Crippen LogP contribution in [0.25, 0.3) is 0 Å². The van der Waals surface area contributed by atoms with Crippen LogP contribution in [0.4, 0.5) is 10.7 Å². The topological polar surface area (TPSA) is 59.9 Å². The number of hydrogen-bond acceptors (Lipinski definition) is 5. The van der Waals surface area contributed by atoms with Gasteiger partial charge < -0.3 is 14.8 Å². The van der Waals surface area contributed by atoms with Gasteiger partial charge in [-0.15, -0.1) is 11.3 Å². The van der Waals surface area contributed by atoms with Crippen LogP contribution in [0, 0.1) is 11.3 Å². The fourth-order valence-corrected chi connectivity index (χ4v) is 5.92. The molecule has 2 aromatic carbocycles. The van der Waals surface area contributed by atoms with Crippen LogP contribution in [0.15, 0.2) is 60.1 Å². The number of thiophene rings is 1. The predicted molar refractivity (Wildman–Crippen MR) is 155 cm³/mol. The fraction of sp³-hybridized carbons (Fsp3) is 0.333. The molecule has 1 amide bonds. The molecule has 1 heterocycles. The van der Waals surface area contributed by atoms with E-state index in [0.29, 0.717) is 40.3 Å². The molecule has 0 unspecified atom stereocenters. The van der Waals surface area contributed by atoms with E-state index in [9.17, 15) is 4.79 Å². The number of fused-ring (bicyclic) bond motifs is 1. The molecule has 1 aliphatic rings. The summed E-state index contributed by atoms with van der Waals surface area (Å²) in [5, 5.41) is 4.38. The first kappa shape index (κ1) is 27.0. The molecular formula is C30H33ClN2O3S. The molecule has 1 N–H and O–H groups in total. The van der Waals surface area contributed by atoms with Crippen molar-refractivity contribution in [1.82, 2.24) is 0 Å². The summed E-state index contributed by atoms with van der Waals surface area (Å²) >= 11 is 7.64. The van der Waals surface area contributed by atoms with E-state index in [1.165, 1.54) is 4.88 Å². The molecular weight excluding hydrogens is 504 g/mol. The van der Waals surface area contributed by atoms with Crippen molar-refractivity contribution in [2.75, 3.05) is 19.0 Å². The summed E-state index contributed by atoms with van der Waals surface area (Å²) < 4.78 is 11.1. The highest BCUT2D eigenvalue weighted by Gasteiger charge is 2.33. The highest BCUT2D eigenvalue weighted by molar-refractivity contribution is 7.16. The number of benzene rings is 2. The SMILES string of the molecule is C=CCOc1ccc(C=Nc2sc3c(c2C(=O)Nc2ccc(Cl)cc2)CC[C@H](C(C)(C)C)C3)cc1OC. The maximum absolute atomic E-state index is 13.5. The third-order valence-electron chi connectivity index (χ3n) is 6.68. The van der Waals surface area contributed by atoms with Crippen LogP contribution in [0.1, 0.15) is 53.6 Å². The number of methoxy groups -OCH3 is 1. The number of carbonyl (C=O) groups is 1. The van der Waals surface area contributed by atoms with Gasteiger partial charge in [0.15, 0.2) is 11.5 Å². The normalized spacial score (nSPS) is 15.3. The van der Waals surface area contributed by atoms with Crippen LogP contribution >= 0.6 is 22.9 Å². The van der Waals surface area contributed by atoms with Gasteiger partial charge in [0.2, 0.25) is 0 Å². The van der Waals surface area contributed by atoms with E-state index in [-0.39, 0.29) is 11.3 Å². The molecule has 1 aromatic heterocycles. The molecule has 0 saturated heterocycles. The van der Waals surface area contributed by atoms with Gasteiger partial charge in [0.1, 0.15) is 11.6 Å². The number of rotatable bonds is 8. The van der Waals surface area contributed by atoms with Gasteiger partial charge >= 0.3 is 0 Å². The van der Waals surface area contributed by atoms with E-state index in [0.717, 1.165) is 35.4 Å². The van der Waals surface area contributed by atoms with Crippen LogP contribution in [-0.4, -0.2) is 25.8 Å². The van der Waals surface area contributed by atoms with Crippen molar-refractivity contribution in [3.05, 3.63) is 81.7 Å². The number of anilines is 1. The minimum Gasteiger partial charge on any atom is -0.493 e. The predicted octanol–water partition coefficient (Wildman–Crippen LogP) is 8.13. The van der Waals surface area contributed by atoms with Crippen molar-refractivity contribution < 1.29 is 14.3 Å². The van der Waals surface area contributed by atoms with E-state index in [4.69, 9.17) is 26.1 Å². The molecule has 0 fully saturated rings. The third kappa shape index (κ3) is 6.43. The molecule has 5 nitrogen and oxygen atoms in total. The maximum Gasteiger partial charge on any atom is 0.259 e. The Morgan fingerprint density at radius 3 is 2.65 bits per heavy atom. The smallest absolute Gasteiger partial charge is 0.259 e. The summed E-state index contributed by atoms with van der Waals surface area (Å²) in [5.41, 5.74) is 3.55. The summed E-state index contributed by atoms with van der Waals surface area (Å²) in [6.45, 7) is 11.0. The van der Waals surface area contributed by atoms with Crippen LogP contribution in [0.3, 0.4) is 0 Å². The monoisotopic (exact) mass is 536 g/mol. The molecule has 37 heavy (non-hydrogen) atoms. The van der Waals surface area contributed by atoms with Crippen molar-refractivity contribution in [2.45, 2.75) is 40.0 Å². The van der Waals surface area contributed by atoms with Crippen LogP contribution in [0.5, 0.6) is 11.5 Å². The quantitative estimate of drug-likeness (QED) is 0.233. The van der Waals surface area contributed by atoms with Crippen molar-refractivity contribution in [3.63, 3.8) is 0 Å². The minimum atomic E-state index is -0.146. The van der Waals surface area contributed by atoms with Gasteiger partial charge in [-0.3, -0.25) is 4.79 Å². The lowest BCUT2D eigenvalue weighted by molar-refractivity contribution is 0.102. The Hall–Kier alpha value is -3.09.